The number of nitrogens with zero attached hydrogens (tertiary/aromatic N) is 6. The fraction of sp³-hybridized carbons (Fsp3) is 0.0769. The number of hydrogen-bond acceptors (Lipinski definition) is 6. The molecule has 0 saturated heterocycles. The van der Waals surface area contributed by atoms with Crippen molar-refractivity contribution in [2.45, 2.75) is 12.8 Å². The Morgan fingerprint density at radius 2 is 0.891 bits per heavy atom. The summed E-state index contributed by atoms with van der Waals surface area (Å²) in [6, 6.07) is 42.0. The molecule has 0 spiro atoms. The Balaban J connectivity index is 0.000000143. The highest BCUT2D eigenvalue weighted by molar-refractivity contribution is 6.33. The van der Waals surface area contributed by atoms with Gasteiger partial charge in [0.1, 0.15) is 23.7 Å². The zero-order chi connectivity index (χ0) is 43.3. The van der Waals surface area contributed by atoms with Crippen LogP contribution in [0.1, 0.15) is 11.1 Å². The van der Waals surface area contributed by atoms with Crippen LogP contribution >= 0.6 is 23.2 Å². The molecule has 64 heavy (non-hydrogen) atoms. The number of benzene rings is 6. The highest BCUT2D eigenvalue weighted by Crippen LogP contribution is 2.35. The van der Waals surface area contributed by atoms with Gasteiger partial charge in [0.2, 0.25) is 0 Å². The van der Waals surface area contributed by atoms with Crippen LogP contribution in [-0.4, -0.2) is 52.1 Å². The second kappa shape index (κ2) is 16.4. The largest absolute Gasteiger partial charge is 0.361 e. The number of pyridine rings is 2. The lowest BCUT2D eigenvalue weighted by atomic mass is 10.0. The van der Waals surface area contributed by atoms with E-state index in [4.69, 9.17) is 34.7 Å². The minimum Gasteiger partial charge on any atom is -0.361 e. The van der Waals surface area contributed by atoms with Crippen molar-refractivity contribution in [3.8, 4) is 33.6 Å². The molecule has 0 saturated carbocycles. The van der Waals surface area contributed by atoms with Gasteiger partial charge in [-0.2, -0.15) is 0 Å². The van der Waals surface area contributed by atoms with E-state index in [1.807, 2.05) is 70.8 Å². The van der Waals surface area contributed by atoms with Crippen molar-refractivity contribution < 1.29 is 0 Å². The van der Waals surface area contributed by atoms with Gasteiger partial charge in [-0.1, -0.05) is 59.6 Å². The third-order valence-electron chi connectivity index (χ3n) is 11.9. The molecule has 6 N–H and O–H groups in total. The lowest BCUT2D eigenvalue weighted by Crippen LogP contribution is -2.03. The monoisotopic (exact) mass is 874 g/mol. The van der Waals surface area contributed by atoms with Crippen LogP contribution in [0, 0.1) is 0 Å². The number of nitrogens with two attached hydrogens (primary N) is 2. The minimum absolute atomic E-state index is 0.595. The molecule has 6 aromatic carbocycles. The van der Waals surface area contributed by atoms with Crippen LogP contribution in [-0.2, 0) is 12.8 Å². The number of hydrogen-bond donors (Lipinski definition) is 4. The van der Waals surface area contributed by atoms with Gasteiger partial charge in [-0.25, -0.2) is 9.97 Å². The molecule has 6 aromatic heterocycles. The van der Waals surface area contributed by atoms with Crippen LogP contribution in [0.25, 0.3) is 99.3 Å². The van der Waals surface area contributed by atoms with E-state index in [1.54, 1.807) is 0 Å². The van der Waals surface area contributed by atoms with E-state index in [0.29, 0.717) is 23.1 Å². The Labute approximate surface area is 377 Å². The summed E-state index contributed by atoms with van der Waals surface area (Å²) in [4.78, 5) is 25.0. The Morgan fingerprint density at radius 3 is 1.33 bits per heavy atom. The Bertz CT molecular complexity index is 3470. The van der Waals surface area contributed by atoms with Crippen molar-refractivity contribution in [3.63, 3.8) is 0 Å². The van der Waals surface area contributed by atoms with E-state index in [9.17, 15) is 0 Å². The summed E-state index contributed by atoms with van der Waals surface area (Å²) in [6.45, 7) is 1.19. The number of H-pyrrole nitrogens is 2. The zero-order valence-electron chi connectivity index (χ0n) is 34.4. The highest BCUT2D eigenvalue weighted by Gasteiger charge is 2.16. The fourth-order valence-corrected chi connectivity index (χ4v) is 9.30. The quantitative estimate of drug-likeness (QED) is 0.120. The molecule has 12 heteroatoms. The number of aromatic amines is 2. The summed E-state index contributed by atoms with van der Waals surface area (Å²) in [7, 11) is 0. The number of fused-ring (bicyclic) bond motifs is 8. The molecule has 12 aromatic rings. The van der Waals surface area contributed by atoms with Gasteiger partial charge >= 0.3 is 0 Å². The van der Waals surface area contributed by atoms with E-state index in [-0.39, 0.29) is 0 Å². The minimum atomic E-state index is 0.595. The van der Waals surface area contributed by atoms with Crippen LogP contribution in [0.5, 0.6) is 0 Å². The van der Waals surface area contributed by atoms with Crippen LogP contribution < -0.4 is 11.5 Å². The van der Waals surface area contributed by atoms with Gasteiger partial charge in [0.05, 0.1) is 55.9 Å². The standard InChI is InChI=1S/2C26H20ClN5/c2*27-21-11-16(7-9-28)1-6-25(21)32-15-31-24-14-30-23-5-3-18(13-20(23)26(24)32)17-2-4-22-19(12-17)8-10-29-22/h2*1-6,8,10-15,29H,7,9,28H2. The van der Waals surface area contributed by atoms with Gasteiger partial charge in [-0.05, 0) is 155 Å². The van der Waals surface area contributed by atoms with Crippen molar-refractivity contribution in [1.29, 1.82) is 0 Å². The Hall–Kier alpha value is -7.34. The first kappa shape index (κ1) is 39.5. The Morgan fingerprint density at radius 1 is 0.453 bits per heavy atom. The average molecular weight is 876 g/mol. The van der Waals surface area contributed by atoms with Gasteiger partial charge < -0.3 is 21.4 Å². The number of imidazole rings is 2. The predicted molar refractivity (Wildman–Crippen MR) is 263 cm³/mol. The number of halogens is 2. The summed E-state index contributed by atoms with van der Waals surface area (Å²) in [5.41, 5.74) is 27.8. The number of aromatic nitrogens is 8. The van der Waals surface area contributed by atoms with E-state index in [0.717, 1.165) is 113 Å². The van der Waals surface area contributed by atoms with Gasteiger partial charge in [-0.3, -0.25) is 19.1 Å². The van der Waals surface area contributed by atoms with Crippen LogP contribution in [0.15, 0.2) is 159 Å². The lowest BCUT2D eigenvalue weighted by Gasteiger charge is -2.11. The van der Waals surface area contributed by atoms with Gasteiger partial charge in [0.25, 0.3) is 0 Å². The molecular formula is C52H40Cl2N10. The summed E-state index contributed by atoms with van der Waals surface area (Å²) < 4.78 is 4.10. The van der Waals surface area contributed by atoms with E-state index < -0.39 is 0 Å². The maximum Gasteiger partial charge on any atom is 0.108 e. The van der Waals surface area contributed by atoms with E-state index in [1.165, 1.54) is 10.8 Å². The fourth-order valence-electron chi connectivity index (χ4n) is 8.71. The molecule has 10 nitrogen and oxygen atoms in total. The van der Waals surface area contributed by atoms with Crippen molar-refractivity contribution in [2.24, 2.45) is 11.5 Å². The summed E-state index contributed by atoms with van der Waals surface area (Å²) in [5, 5.41) is 5.80. The third-order valence-corrected chi connectivity index (χ3v) is 12.5. The number of nitrogens with one attached hydrogen (secondary N) is 2. The van der Waals surface area contributed by atoms with Crippen LogP contribution in [0.2, 0.25) is 10.0 Å². The molecule has 0 fully saturated rings. The van der Waals surface area contributed by atoms with Crippen molar-refractivity contribution in [1.82, 2.24) is 39.0 Å². The first-order chi connectivity index (χ1) is 31.4. The van der Waals surface area contributed by atoms with Gasteiger partial charge in [0.15, 0.2) is 0 Å². The topological polar surface area (TPSA) is 145 Å². The lowest BCUT2D eigenvalue weighted by molar-refractivity contribution is 0.966. The predicted octanol–water partition coefficient (Wildman–Crippen LogP) is 11.8. The molecule has 0 aliphatic heterocycles. The van der Waals surface area contributed by atoms with E-state index >= 15 is 0 Å². The SMILES string of the molecule is NCCc1ccc(-n2cnc3cnc4ccc(-c5ccc6[nH]ccc6c5)cc4c32)c(Cl)c1.NCCc1ccc(-n2cnc3cnc4ccc(-c5ccc6[nH]ccc6c5)cc4c32)c(Cl)c1. The molecule has 0 atom stereocenters. The van der Waals surface area contributed by atoms with Crippen LogP contribution in [0.3, 0.4) is 0 Å². The maximum absolute atomic E-state index is 6.67. The smallest absolute Gasteiger partial charge is 0.108 e. The van der Waals surface area contributed by atoms with Gasteiger partial charge in [-0.15, -0.1) is 0 Å². The summed E-state index contributed by atoms with van der Waals surface area (Å²) >= 11 is 13.3. The number of rotatable bonds is 8. The summed E-state index contributed by atoms with van der Waals surface area (Å²) in [6.07, 6.45) is 12.8. The first-order valence-corrected chi connectivity index (χ1v) is 21.8. The molecule has 312 valence electrons. The molecule has 0 amide bonds. The molecular weight excluding hydrogens is 836 g/mol. The third kappa shape index (κ3) is 7.12. The molecule has 0 unspecified atom stereocenters. The van der Waals surface area contributed by atoms with Crippen LogP contribution in [0.4, 0.5) is 0 Å². The second-order valence-electron chi connectivity index (χ2n) is 15.9. The molecule has 0 radical (unpaired) electrons. The normalized spacial score (nSPS) is 11.7. The maximum atomic E-state index is 6.67. The summed E-state index contributed by atoms with van der Waals surface area (Å²) in [5.74, 6) is 0. The first-order valence-electron chi connectivity index (χ1n) is 21.1. The molecule has 0 bridgehead atoms. The average Bonchev–Trinajstić information content (AvgIpc) is 4.16. The molecule has 12 rings (SSSR count). The molecule has 6 heterocycles. The Kier molecular flexibility index (Phi) is 10.1. The zero-order valence-corrected chi connectivity index (χ0v) is 35.9. The highest BCUT2D eigenvalue weighted by atomic mass is 35.5. The van der Waals surface area contributed by atoms with Crippen molar-refractivity contribution in [2.75, 3.05) is 13.1 Å². The van der Waals surface area contributed by atoms with Gasteiger partial charge in [0, 0.05) is 34.2 Å². The molecule has 0 aliphatic rings. The second-order valence-corrected chi connectivity index (χ2v) is 16.7. The molecule has 0 aliphatic carbocycles. The van der Waals surface area contributed by atoms with Crippen molar-refractivity contribution >= 4 is 88.9 Å². The van der Waals surface area contributed by atoms with E-state index in [2.05, 4.69) is 127 Å². The van der Waals surface area contributed by atoms with Crippen molar-refractivity contribution in [3.05, 3.63) is 180 Å².